The average molecular weight is 1650 g/mol. The van der Waals surface area contributed by atoms with E-state index in [-0.39, 0.29) is 91.0 Å². The molecule has 0 spiro atoms. The summed E-state index contributed by atoms with van der Waals surface area (Å²) in [7, 11) is 0. The van der Waals surface area contributed by atoms with Gasteiger partial charge in [0.2, 0.25) is 70.9 Å². The highest BCUT2D eigenvalue weighted by Gasteiger charge is 2.35. The van der Waals surface area contributed by atoms with Crippen molar-refractivity contribution in [2.24, 2.45) is 22.9 Å². The number of hydrogen-bond donors (Lipinski definition) is 4. The predicted molar refractivity (Wildman–Crippen MR) is 464 cm³/mol. The van der Waals surface area contributed by atoms with Crippen molar-refractivity contribution in [3.63, 3.8) is 0 Å². The van der Waals surface area contributed by atoms with Gasteiger partial charge in [0, 0.05) is 65.8 Å². The number of unbranched alkanes of at least 4 members (excludes halogenated alkanes) is 3. The zero-order chi connectivity index (χ0) is 86.8. The third-order valence-corrected chi connectivity index (χ3v) is 20.9. The number of carbonyl (C=O) groups excluding carboxylic acids is 12. The van der Waals surface area contributed by atoms with E-state index in [1.54, 1.807) is 159 Å². The van der Waals surface area contributed by atoms with Crippen LogP contribution in [0.15, 0.2) is 243 Å². The van der Waals surface area contributed by atoms with Crippen LogP contribution in [0.25, 0.3) is 0 Å². The van der Waals surface area contributed by atoms with E-state index in [0.717, 1.165) is 11.1 Å². The summed E-state index contributed by atoms with van der Waals surface area (Å²) in [6.07, 6.45) is 2.49. The lowest BCUT2D eigenvalue weighted by molar-refractivity contribution is -0.150. The van der Waals surface area contributed by atoms with Crippen molar-refractivity contribution in [1.82, 2.24) is 53.9 Å². The van der Waals surface area contributed by atoms with Gasteiger partial charge >= 0.3 is 0 Å². The standard InChI is InChI=1S/C94H117N15O12/c1-73(82-46-24-10-25-47-82)108(75(3)110)72-93(120)106(60-80-42-20-8-21-43-80)68-87(114)100(54-32-29-51-96)64-89(116)105(59-79-40-18-7-19-41-79)70-91(118)102(56-76-34-12-4-13-35-76)66-85(112)99(53-31-28-50-95)63-88(115)104(58-78-38-16-6-17-39-78)69-92(119)103(57-77-36-14-5-15-37-77)67-86(113)101(55-33-30-52-97)65-90(117)107(61-81-44-22-9-23-45-81)71-94(121)109(62-84(98)111)74(2)83-48-26-11-27-49-83/h4-27,34-49,73-74H,28-33,50-72,95-97H2,1-3H3,(H2,98,111)/t73-,74-/m0/s1. The van der Waals surface area contributed by atoms with Crippen LogP contribution in [0.1, 0.15) is 116 Å². The Kier molecular flexibility index (Phi) is 38.9. The highest BCUT2D eigenvalue weighted by Crippen LogP contribution is 2.24. The summed E-state index contributed by atoms with van der Waals surface area (Å²) in [6, 6.07) is 71.1. The monoisotopic (exact) mass is 1650 g/mol. The molecule has 0 aliphatic rings. The summed E-state index contributed by atoms with van der Waals surface area (Å²) in [5.74, 6) is -7.23. The van der Waals surface area contributed by atoms with Crippen LogP contribution in [0.4, 0.5) is 0 Å². The first-order chi connectivity index (χ1) is 58.5. The van der Waals surface area contributed by atoms with Crippen LogP contribution >= 0.6 is 0 Å². The molecule has 0 aromatic heterocycles. The molecule has 0 saturated heterocycles. The molecular formula is C94H117N15O12. The Bertz CT molecular complexity index is 4590. The van der Waals surface area contributed by atoms with Crippen LogP contribution in [0.5, 0.6) is 0 Å². The van der Waals surface area contributed by atoms with Crippen molar-refractivity contribution in [1.29, 1.82) is 0 Å². The molecule has 2 atom stereocenters. The molecule has 8 N–H and O–H groups in total. The number of rotatable bonds is 50. The van der Waals surface area contributed by atoms with Crippen LogP contribution < -0.4 is 22.9 Å². The van der Waals surface area contributed by atoms with Gasteiger partial charge in [0.15, 0.2) is 0 Å². The van der Waals surface area contributed by atoms with Gasteiger partial charge in [0.1, 0.15) is 45.8 Å². The molecule has 0 aliphatic heterocycles. The number of carbonyl (C=O) groups is 12. The van der Waals surface area contributed by atoms with E-state index in [9.17, 15) is 24.0 Å². The summed E-state index contributed by atoms with van der Waals surface area (Å²) in [5.41, 5.74) is 29.3. The number of benzene rings is 8. The molecule has 0 heterocycles. The zero-order valence-electron chi connectivity index (χ0n) is 69.9. The van der Waals surface area contributed by atoms with E-state index >= 15 is 33.6 Å². The molecule has 27 nitrogen and oxygen atoms in total. The molecule has 0 saturated carbocycles. The molecular weight excluding hydrogens is 1530 g/mol. The van der Waals surface area contributed by atoms with Gasteiger partial charge in [-0.2, -0.15) is 0 Å². The van der Waals surface area contributed by atoms with Gasteiger partial charge in [0.05, 0.1) is 38.3 Å². The minimum Gasteiger partial charge on any atom is -0.368 e. The van der Waals surface area contributed by atoms with Crippen molar-refractivity contribution < 1.29 is 57.5 Å². The lowest BCUT2D eigenvalue weighted by Crippen LogP contribution is -2.52. The minimum atomic E-state index is -0.758. The fraction of sp³-hybridized carbons (Fsp3) is 0.362. The Morgan fingerprint density at radius 1 is 0.240 bits per heavy atom. The van der Waals surface area contributed by atoms with Crippen molar-refractivity contribution >= 4 is 70.9 Å². The SMILES string of the molecule is CC(=O)N(CC(=O)N(CC(=O)N(CCCCN)CC(=O)N(CC(=O)N(CC(=O)N(CCCCN)CC(=O)N(CC(=O)N(CC(=O)N(CCCCN)CC(=O)N(CC(=O)N(CC(N)=O)[C@@H](C)c1ccccc1)Cc1ccccc1)Cc1ccccc1)Cc1ccccc1)Cc1ccccc1)Cc1ccccc1)Cc1ccccc1)[C@@H](C)c1ccccc1. The summed E-state index contributed by atoms with van der Waals surface area (Å²) < 4.78 is 0. The third-order valence-electron chi connectivity index (χ3n) is 20.9. The van der Waals surface area contributed by atoms with E-state index in [1.165, 1.54) is 60.8 Å². The quantitative estimate of drug-likeness (QED) is 0.0267. The molecule has 27 heteroatoms. The van der Waals surface area contributed by atoms with Crippen molar-refractivity contribution in [2.45, 2.75) is 111 Å². The maximum Gasteiger partial charge on any atom is 0.243 e. The van der Waals surface area contributed by atoms with Crippen LogP contribution in [0, 0.1) is 0 Å². The molecule has 0 bridgehead atoms. The molecule has 12 amide bonds. The van der Waals surface area contributed by atoms with Gasteiger partial charge in [-0.05, 0) is 117 Å². The average Bonchev–Trinajstić information content (AvgIpc) is 0.848. The molecule has 8 aromatic carbocycles. The summed E-state index contributed by atoms with van der Waals surface area (Å²) in [5, 5.41) is 0. The first-order valence-electron chi connectivity index (χ1n) is 41.3. The zero-order valence-corrected chi connectivity index (χ0v) is 69.9. The van der Waals surface area contributed by atoms with E-state index in [4.69, 9.17) is 22.9 Å². The van der Waals surface area contributed by atoms with E-state index in [0.29, 0.717) is 71.9 Å². The lowest BCUT2D eigenvalue weighted by atomic mass is 10.1. The highest BCUT2D eigenvalue weighted by molar-refractivity contribution is 5.95. The van der Waals surface area contributed by atoms with Gasteiger partial charge in [-0.3, -0.25) is 57.5 Å². The van der Waals surface area contributed by atoms with Crippen LogP contribution in [-0.4, -0.2) is 236 Å². The second-order valence-corrected chi connectivity index (χ2v) is 30.2. The van der Waals surface area contributed by atoms with E-state index < -0.39 is 143 Å². The highest BCUT2D eigenvalue weighted by atomic mass is 16.2. The number of hydrogen-bond acceptors (Lipinski definition) is 15. The van der Waals surface area contributed by atoms with Crippen LogP contribution in [0.3, 0.4) is 0 Å². The van der Waals surface area contributed by atoms with Gasteiger partial charge in [-0.15, -0.1) is 0 Å². The van der Waals surface area contributed by atoms with E-state index in [1.807, 2.05) is 97.9 Å². The Balaban J connectivity index is 1.06. The molecule has 8 aromatic rings. The smallest absolute Gasteiger partial charge is 0.243 e. The molecule has 0 unspecified atom stereocenters. The molecule has 0 radical (unpaired) electrons. The fourth-order valence-corrected chi connectivity index (χ4v) is 14.0. The molecule has 121 heavy (non-hydrogen) atoms. The summed E-state index contributed by atoms with van der Waals surface area (Å²) in [6.45, 7) is -0.372. The first-order valence-corrected chi connectivity index (χ1v) is 41.3. The maximum absolute atomic E-state index is 15.5. The normalized spacial score (nSPS) is 11.4. The molecule has 0 aliphatic carbocycles. The van der Waals surface area contributed by atoms with Crippen molar-refractivity contribution in [3.05, 3.63) is 287 Å². The Labute approximate surface area is 710 Å². The number of amides is 12. The van der Waals surface area contributed by atoms with Gasteiger partial charge in [0.25, 0.3) is 0 Å². The van der Waals surface area contributed by atoms with Gasteiger partial charge in [-0.25, -0.2) is 0 Å². The summed E-state index contributed by atoms with van der Waals surface area (Å²) in [4.78, 5) is 192. The Morgan fingerprint density at radius 2 is 0.430 bits per heavy atom. The predicted octanol–water partition coefficient (Wildman–Crippen LogP) is 7.55. The summed E-state index contributed by atoms with van der Waals surface area (Å²) >= 11 is 0. The molecule has 0 fully saturated rings. The Hall–Kier alpha value is -12.7. The number of primary amides is 1. The second kappa shape index (κ2) is 50.3. The number of nitrogens with zero attached hydrogens (tertiary/aromatic N) is 11. The van der Waals surface area contributed by atoms with Crippen LogP contribution in [-0.2, 0) is 96.8 Å². The minimum absolute atomic E-state index is 0.000637. The lowest BCUT2D eigenvalue weighted by Gasteiger charge is -2.34. The first kappa shape index (κ1) is 93.8. The van der Waals surface area contributed by atoms with E-state index in [2.05, 4.69) is 0 Å². The third kappa shape index (κ3) is 31.5. The second-order valence-electron chi connectivity index (χ2n) is 30.2. The van der Waals surface area contributed by atoms with Crippen LogP contribution in [0.2, 0.25) is 0 Å². The van der Waals surface area contributed by atoms with Gasteiger partial charge in [-0.1, -0.05) is 243 Å². The van der Waals surface area contributed by atoms with Gasteiger partial charge < -0.3 is 76.8 Å². The maximum atomic E-state index is 15.5. The van der Waals surface area contributed by atoms with Crippen molar-refractivity contribution in [2.75, 3.05) is 111 Å². The number of nitrogens with two attached hydrogens (primary N) is 4. The fourth-order valence-electron chi connectivity index (χ4n) is 14.0. The molecule has 8 rings (SSSR count). The topological polar surface area (TPSA) is 345 Å². The molecule has 640 valence electrons. The van der Waals surface area contributed by atoms with Crippen molar-refractivity contribution in [3.8, 4) is 0 Å². The largest absolute Gasteiger partial charge is 0.368 e. The Morgan fingerprint density at radius 3 is 0.645 bits per heavy atom.